The maximum Gasteiger partial charge on any atom is 0.227 e. The standard InChI is InChI=1S/C16H24N2O2/c1-12-6-4-5-7-13(12)8-16(20)18-11-15(19)9-14(18)10-17(2)3/h4-7,14-15,19H,8-11H2,1-3H3. The van der Waals surface area contributed by atoms with Gasteiger partial charge in [0.2, 0.25) is 5.91 Å². The van der Waals surface area contributed by atoms with Gasteiger partial charge < -0.3 is 14.9 Å². The van der Waals surface area contributed by atoms with Crippen LogP contribution in [0.15, 0.2) is 24.3 Å². The number of aliphatic hydroxyl groups is 1. The van der Waals surface area contributed by atoms with Gasteiger partial charge >= 0.3 is 0 Å². The summed E-state index contributed by atoms with van der Waals surface area (Å²) in [5.41, 5.74) is 2.22. The molecule has 0 bridgehead atoms. The smallest absolute Gasteiger partial charge is 0.227 e. The van der Waals surface area contributed by atoms with Gasteiger partial charge in [-0.25, -0.2) is 0 Å². The van der Waals surface area contributed by atoms with Crippen LogP contribution in [0.1, 0.15) is 17.5 Å². The lowest BCUT2D eigenvalue weighted by molar-refractivity contribution is -0.131. The summed E-state index contributed by atoms with van der Waals surface area (Å²) in [5, 5.41) is 9.84. The fourth-order valence-corrected chi connectivity index (χ4v) is 2.86. The van der Waals surface area contributed by atoms with Gasteiger partial charge in [-0.15, -0.1) is 0 Å². The zero-order chi connectivity index (χ0) is 14.7. The van der Waals surface area contributed by atoms with Crippen molar-refractivity contribution < 1.29 is 9.90 Å². The van der Waals surface area contributed by atoms with E-state index in [4.69, 9.17) is 0 Å². The molecular formula is C16H24N2O2. The summed E-state index contributed by atoms with van der Waals surface area (Å²) in [5.74, 6) is 0.114. The number of likely N-dealkylation sites (N-methyl/N-ethyl adjacent to an activating group) is 1. The number of rotatable bonds is 4. The Morgan fingerprint density at radius 1 is 1.40 bits per heavy atom. The van der Waals surface area contributed by atoms with Crippen molar-refractivity contribution in [2.75, 3.05) is 27.2 Å². The quantitative estimate of drug-likeness (QED) is 0.894. The van der Waals surface area contributed by atoms with Crippen LogP contribution in [0.4, 0.5) is 0 Å². The molecular weight excluding hydrogens is 252 g/mol. The number of benzene rings is 1. The third-order valence-electron chi connectivity index (χ3n) is 3.89. The fraction of sp³-hybridized carbons (Fsp3) is 0.562. The lowest BCUT2D eigenvalue weighted by Crippen LogP contribution is -2.42. The Kier molecular flexibility index (Phi) is 4.78. The summed E-state index contributed by atoms with van der Waals surface area (Å²) in [7, 11) is 3.99. The van der Waals surface area contributed by atoms with Crippen LogP contribution < -0.4 is 0 Å². The highest BCUT2D eigenvalue weighted by Crippen LogP contribution is 2.20. The van der Waals surface area contributed by atoms with Gasteiger partial charge in [0.1, 0.15) is 0 Å². The maximum atomic E-state index is 12.5. The number of hydrogen-bond acceptors (Lipinski definition) is 3. The first-order valence-corrected chi connectivity index (χ1v) is 7.14. The molecule has 2 unspecified atom stereocenters. The second-order valence-electron chi connectivity index (χ2n) is 5.95. The van der Waals surface area contributed by atoms with Gasteiger partial charge in [-0.05, 0) is 38.6 Å². The van der Waals surface area contributed by atoms with Crippen LogP contribution in [0.2, 0.25) is 0 Å². The molecule has 2 atom stereocenters. The number of hydrogen-bond donors (Lipinski definition) is 1. The van der Waals surface area contributed by atoms with E-state index in [1.54, 1.807) is 0 Å². The number of likely N-dealkylation sites (tertiary alicyclic amines) is 1. The largest absolute Gasteiger partial charge is 0.391 e. The molecule has 2 rings (SSSR count). The Hall–Kier alpha value is -1.39. The van der Waals surface area contributed by atoms with Crippen LogP contribution in [-0.2, 0) is 11.2 Å². The van der Waals surface area contributed by atoms with E-state index in [2.05, 4.69) is 4.90 Å². The van der Waals surface area contributed by atoms with Crippen molar-refractivity contribution in [1.29, 1.82) is 0 Å². The molecule has 0 saturated carbocycles. The Morgan fingerprint density at radius 3 is 2.75 bits per heavy atom. The van der Waals surface area contributed by atoms with Crippen LogP contribution in [0.25, 0.3) is 0 Å². The second kappa shape index (κ2) is 6.37. The number of nitrogens with zero attached hydrogens (tertiary/aromatic N) is 2. The van der Waals surface area contributed by atoms with E-state index >= 15 is 0 Å². The van der Waals surface area contributed by atoms with E-state index in [1.807, 2.05) is 50.2 Å². The Balaban J connectivity index is 2.05. The Bertz CT molecular complexity index is 473. The third-order valence-corrected chi connectivity index (χ3v) is 3.89. The van der Waals surface area contributed by atoms with E-state index in [0.717, 1.165) is 17.7 Å². The fourth-order valence-electron chi connectivity index (χ4n) is 2.86. The highest BCUT2D eigenvalue weighted by molar-refractivity contribution is 5.79. The first-order valence-electron chi connectivity index (χ1n) is 7.14. The van der Waals surface area contributed by atoms with Crippen molar-refractivity contribution in [3.63, 3.8) is 0 Å². The number of aryl methyl sites for hydroxylation is 1. The van der Waals surface area contributed by atoms with Crippen molar-refractivity contribution in [3.05, 3.63) is 35.4 Å². The van der Waals surface area contributed by atoms with Gasteiger partial charge in [0, 0.05) is 19.1 Å². The minimum absolute atomic E-state index is 0.114. The first-order chi connectivity index (χ1) is 9.47. The van der Waals surface area contributed by atoms with E-state index < -0.39 is 0 Å². The lowest BCUT2D eigenvalue weighted by atomic mass is 10.1. The molecule has 1 aliphatic heterocycles. The maximum absolute atomic E-state index is 12.5. The molecule has 0 aliphatic carbocycles. The molecule has 0 aromatic heterocycles. The summed E-state index contributed by atoms with van der Waals surface area (Å²) >= 11 is 0. The summed E-state index contributed by atoms with van der Waals surface area (Å²) in [6.07, 6.45) is 0.710. The summed E-state index contributed by atoms with van der Waals surface area (Å²) in [6.45, 7) is 3.29. The summed E-state index contributed by atoms with van der Waals surface area (Å²) in [6, 6.07) is 8.10. The van der Waals surface area contributed by atoms with Crippen LogP contribution in [0.5, 0.6) is 0 Å². The van der Waals surface area contributed by atoms with Crippen molar-refractivity contribution in [1.82, 2.24) is 9.80 Å². The highest BCUT2D eigenvalue weighted by Gasteiger charge is 2.34. The van der Waals surface area contributed by atoms with Gasteiger partial charge in [0.25, 0.3) is 0 Å². The summed E-state index contributed by atoms with van der Waals surface area (Å²) in [4.78, 5) is 16.4. The summed E-state index contributed by atoms with van der Waals surface area (Å²) < 4.78 is 0. The minimum atomic E-state index is -0.388. The molecule has 1 aromatic carbocycles. The van der Waals surface area contributed by atoms with Crippen LogP contribution in [-0.4, -0.2) is 60.1 Å². The average molecular weight is 276 g/mol. The topological polar surface area (TPSA) is 43.8 Å². The highest BCUT2D eigenvalue weighted by atomic mass is 16.3. The predicted octanol–water partition coefficient (Wildman–Crippen LogP) is 1.06. The number of carbonyl (C=O) groups is 1. The van der Waals surface area contributed by atoms with E-state index in [0.29, 0.717) is 19.4 Å². The molecule has 20 heavy (non-hydrogen) atoms. The number of β-amino-alcohol motifs (C(OH)–C–C–N with tert-alkyl or cyclic N) is 1. The van der Waals surface area contributed by atoms with Gasteiger partial charge in [-0.2, -0.15) is 0 Å². The van der Waals surface area contributed by atoms with Gasteiger partial charge in [0.15, 0.2) is 0 Å². The van der Waals surface area contributed by atoms with Crippen molar-refractivity contribution in [2.24, 2.45) is 0 Å². The van der Waals surface area contributed by atoms with E-state index in [9.17, 15) is 9.90 Å². The molecule has 1 fully saturated rings. The zero-order valence-corrected chi connectivity index (χ0v) is 12.5. The third kappa shape index (κ3) is 3.58. The molecule has 110 valence electrons. The number of carbonyl (C=O) groups excluding carboxylic acids is 1. The Morgan fingerprint density at radius 2 is 2.10 bits per heavy atom. The molecule has 1 aromatic rings. The molecule has 1 saturated heterocycles. The minimum Gasteiger partial charge on any atom is -0.391 e. The van der Waals surface area contributed by atoms with Crippen LogP contribution in [0, 0.1) is 6.92 Å². The molecule has 0 spiro atoms. The number of amides is 1. The molecule has 1 heterocycles. The molecule has 4 nitrogen and oxygen atoms in total. The predicted molar refractivity (Wildman–Crippen MR) is 79.6 cm³/mol. The van der Waals surface area contributed by atoms with Crippen LogP contribution >= 0.6 is 0 Å². The zero-order valence-electron chi connectivity index (χ0n) is 12.5. The molecule has 1 N–H and O–H groups in total. The monoisotopic (exact) mass is 276 g/mol. The van der Waals surface area contributed by atoms with E-state index in [1.165, 1.54) is 0 Å². The van der Waals surface area contributed by atoms with Crippen molar-refractivity contribution >= 4 is 5.91 Å². The van der Waals surface area contributed by atoms with Gasteiger partial charge in [-0.3, -0.25) is 4.79 Å². The normalized spacial score (nSPS) is 22.6. The van der Waals surface area contributed by atoms with Crippen molar-refractivity contribution in [3.8, 4) is 0 Å². The van der Waals surface area contributed by atoms with E-state index in [-0.39, 0.29) is 18.1 Å². The molecule has 1 aliphatic rings. The SMILES string of the molecule is Cc1ccccc1CC(=O)N1CC(O)CC1CN(C)C. The molecule has 4 heteroatoms. The van der Waals surface area contributed by atoms with Gasteiger partial charge in [-0.1, -0.05) is 24.3 Å². The molecule has 1 amide bonds. The molecule has 0 radical (unpaired) electrons. The Labute approximate surface area is 121 Å². The second-order valence-corrected chi connectivity index (χ2v) is 5.95. The van der Waals surface area contributed by atoms with Crippen molar-refractivity contribution in [2.45, 2.75) is 31.9 Å². The van der Waals surface area contributed by atoms with Gasteiger partial charge in [0.05, 0.1) is 12.5 Å². The number of aliphatic hydroxyl groups excluding tert-OH is 1. The lowest BCUT2D eigenvalue weighted by Gasteiger charge is -2.27. The average Bonchev–Trinajstić information content (AvgIpc) is 2.72. The van der Waals surface area contributed by atoms with Crippen LogP contribution in [0.3, 0.4) is 0 Å². The first kappa shape index (κ1) is 15.0.